The number of likely N-dealkylation sites (tertiary alicyclic amines) is 1. The van der Waals surface area contributed by atoms with Crippen molar-refractivity contribution >= 4 is 17.6 Å². The maximum atomic E-state index is 13.2. The highest BCUT2D eigenvalue weighted by Crippen LogP contribution is 2.27. The van der Waals surface area contributed by atoms with E-state index in [4.69, 9.17) is 9.47 Å². The van der Waals surface area contributed by atoms with Gasteiger partial charge in [-0.05, 0) is 36.5 Å². The number of ether oxygens (including phenoxy) is 2. The normalized spacial score (nSPS) is 14.1. The number of anilines is 1. The van der Waals surface area contributed by atoms with Crippen LogP contribution < -0.4 is 20.1 Å². The first kappa shape index (κ1) is 22.4. The Morgan fingerprint density at radius 3 is 2.35 bits per heavy atom. The predicted molar refractivity (Wildman–Crippen MR) is 116 cm³/mol. The van der Waals surface area contributed by atoms with Gasteiger partial charge in [0, 0.05) is 49.9 Å². The zero-order valence-electron chi connectivity index (χ0n) is 17.8. The summed E-state index contributed by atoms with van der Waals surface area (Å²) >= 11 is 0. The molecule has 0 bridgehead atoms. The van der Waals surface area contributed by atoms with Gasteiger partial charge in [0.2, 0.25) is 5.91 Å². The first-order chi connectivity index (χ1) is 15.0. The second-order valence-electron chi connectivity index (χ2n) is 7.57. The number of rotatable bonds is 7. The van der Waals surface area contributed by atoms with Crippen LogP contribution in [0.5, 0.6) is 11.5 Å². The summed E-state index contributed by atoms with van der Waals surface area (Å²) in [5.74, 6) is 1.03. The van der Waals surface area contributed by atoms with E-state index in [2.05, 4.69) is 10.6 Å². The van der Waals surface area contributed by atoms with E-state index in [1.54, 1.807) is 49.5 Å². The highest BCUT2D eigenvalue weighted by atomic mass is 19.1. The average molecular weight is 429 g/mol. The number of piperidine rings is 1. The standard InChI is InChI=1S/C23H28FN3O4/c1-30-20-12-19(13-21(14-20)31-2)26-23(29)27-8-6-16(7-9-27)11-22(28)25-15-17-4-3-5-18(24)10-17/h3-5,10,12-14,16H,6-9,11,15H2,1-2H3,(H,25,28)(H,26,29). The zero-order chi connectivity index (χ0) is 22.2. The van der Waals surface area contributed by atoms with E-state index >= 15 is 0 Å². The monoisotopic (exact) mass is 429 g/mol. The summed E-state index contributed by atoms with van der Waals surface area (Å²) in [6, 6.07) is 11.2. The van der Waals surface area contributed by atoms with Crippen molar-refractivity contribution in [2.45, 2.75) is 25.8 Å². The smallest absolute Gasteiger partial charge is 0.321 e. The van der Waals surface area contributed by atoms with E-state index in [-0.39, 0.29) is 23.7 Å². The predicted octanol–water partition coefficient (Wildman–Crippen LogP) is 3.79. The second-order valence-corrected chi connectivity index (χ2v) is 7.57. The molecule has 1 heterocycles. The van der Waals surface area contributed by atoms with Crippen LogP contribution in [-0.2, 0) is 11.3 Å². The van der Waals surface area contributed by atoms with Gasteiger partial charge in [0.25, 0.3) is 0 Å². The van der Waals surface area contributed by atoms with Crippen molar-refractivity contribution in [3.63, 3.8) is 0 Å². The van der Waals surface area contributed by atoms with Gasteiger partial charge >= 0.3 is 6.03 Å². The summed E-state index contributed by atoms with van der Waals surface area (Å²) < 4.78 is 23.7. The molecule has 3 amide bonds. The van der Waals surface area contributed by atoms with Gasteiger partial charge in [0.15, 0.2) is 0 Å². The van der Waals surface area contributed by atoms with Gasteiger partial charge in [-0.15, -0.1) is 0 Å². The van der Waals surface area contributed by atoms with E-state index in [0.29, 0.717) is 43.2 Å². The minimum atomic E-state index is -0.315. The van der Waals surface area contributed by atoms with Crippen LogP contribution in [0.3, 0.4) is 0 Å². The fraction of sp³-hybridized carbons (Fsp3) is 0.391. The molecule has 0 radical (unpaired) electrons. The molecule has 8 heteroatoms. The van der Waals surface area contributed by atoms with Crippen LogP contribution >= 0.6 is 0 Å². The third-order valence-corrected chi connectivity index (χ3v) is 5.36. The first-order valence-electron chi connectivity index (χ1n) is 10.3. The molecule has 2 aromatic rings. The van der Waals surface area contributed by atoms with E-state index < -0.39 is 0 Å². The Balaban J connectivity index is 1.43. The number of carbonyl (C=O) groups is 2. The summed E-state index contributed by atoms with van der Waals surface area (Å²) in [5, 5.41) is 5.72. The Morgan fingerprint density at radius 2 is 1.74 bits per heavy atom. The third kappa shape index (κ3) is 6.60. The van der Waals surface area contributed by atoms with Crippen molar-refractivity contribution in [3.05, 3.63) is 53.8 Å². The van der Waals surface area contributed by atoms with Crippen molar-refractivity contribution < 1.29 is 23.5 Å². The summed E-state index contributed by atoms with van der Waals surface area (Å²) in [6.07, 6.45) is 1.91. The van der Waals surface area contributed by atoms with Crippen LogP contribution in [0.25, 0.3) is 0 Å². The molecule has 1 fully saturated rings. The first-order valence-corrected chi connectivity index (χ1v) is 10.3. The zero-order valence-corrected chi connectivity index (χ0v) is 17.8. The molecular weight excluding hydrogens is 401 g/mol. The number of carbonyl (C=O) groups excluding carboxylic acids is 2. The molecule has 7 nitrogen and oxygen atoms in total. The van der Waals surface area contributed by atoms with Gasteiger partial charge in [-0.25, -0.2) is 9.18 Å². The lowest BCUT2D eigenvalue weighted by atomic mass is 9.93. The summed E-state index contributed by atoms with van der Waals surface area (Å²) in [4.78, 5) is 26.6. The number of methoxy groups -OCH3 is 2. The van der Waals surface area contributed by atoms with Crippen LogP contribution in [0.2, 0.25) is 0 Å². The average Bonchev–Trinajstić information content (AvgIpc) is 2.78. The number of halogens is 1. The second kappa shape index (κ2) is 10.7. The molecule has 1 aliphatic rings. The number of benzene rings is 2. The lowest BCUT2D eigenvalue weighted by Crippen LogP contribution is -2.41. The highest BCUT2D eigenvalue weighted by molar-refractivity contribution is 5.90. The fourth-order valence-electron chi connectivity index (χ4n) is 3.60. The topological polar surface area (TPSA) is 79.9 Å². The molecule has 1 aliphatic heterocycles. The Kier molecular flexibility index (Phi) is 7.70. The summed E-state index contributed by atoms with van der Waals surface area (Å²) in [5.41, 5.74) is 1.33. The number of amides is 3. The summed E-state index contributed by atoms with van der Waals surface area (Å²) in [7, 11) is 3.11. The van der Waals surface area contributed by atoms with Crippen LogP contribution in [0.15, 0.2) is 42.5 Å². The van der Waals surface area contributed by atoms with E-state index in [0.717, 1.165) is 18.4 Å². The maximum absolute atomic E-state index is 13.2. The number of hydrogen-bond acceptors (Lipinski definition) is 4. The van der Waals surface area contributed by atoms with Gasteiger partial charge in [0.05, 0.1) is 14.2 Å². The Bertz CT molecular complexity index is 891. The molecule has 166 valence electrons. The molecule has 31 heavy (non-hydrogen) atoms. The molecule has 0 aromatic heterocycles. The van der Waals surface area contributed by atoms with Crippen molar-refractivity contribution in [3.8, 4) is 11.5 Å². The molecule has 0 saturated carbocycles. The van der Waals surface area contributed by atoms with Crippen molar-refractivity contribution in [1.29, 1.82) is 0 Å². The Hall–Kier alpha value is -3.29. The fourth-order valence-corrected chi connectivity index (χ4v) is 3.60. The Labute approximate surface area is 181 Å². The molecule has 1 saturated heterocycles. The van der Waals surface area contributed by atoms with Gasteiger partial charge in [0.1, 0.15) is 17.3 Å². The lowest BCUT2D eigenvalue weighted by Gasteiger charge is -2.31. The number of urea groups is 1. The van der Waals surface area contributed by atoms with Crippen LogP contribution in [0.4, 0.5) is 14.9 Å². The molecule has 0 aliphatic carbocycles. The number of hydrogen-bond donors (Lipinski definition) is 2. The minimum absolute atomic E-state index is 0.0596. The van der Waals surface area contributed by atoms with Crippen LogP contribution in [0.1, 0.15) is 24.8 Å². The van der Waals surface area contributed by atoms with E-state index in [1.165, 1.54) is 12.1 Å². The minimum Gasteiger partial charge on any atom is -0.497 e. The largest absolute Gasteiger partial charge is 0.497 e. The summed E-state index contributed by atoms with van der Waals surface area (Å²) in [6.45, 7) is 1.46. The maximum Gasteiger partial charge on any atom is 0.321 e. The molecule has 2 aromatic carbocycles. The van der Waals surface area contributed by atoms with Crippen LogP contribution in [0, 0.1) is 11.7 Å². The van der Waals surface area contributed by atoms with Gasteiger partial charge in [-0.3, -0.25) is 4.79 Å². The third-order valence-electron chi connectivity index (χ3n) is 5.36. The quantitative estimate of drug-likeness (QED) is 0.702. The lowest BCUT2D eigenvalue weighted by molar-refractivity contribution is -0.122. The molecule has 2 N–H and O–H groups in total. The van der Waals surface area contributed by atoms with Crippen molar-refractivity contribution in [2.75, 3.05) is 32.6 Å². The molecule has 0 spiro atoms. The van der Waals surface area contributed by atoms with Gasteiger partial charge in [-0.2, -0.15) is 0 Å². The molecule has 3 rings (SSSR count). The van der Waals surface area contributed by atoms with Gasteiger partial charge < -0.3 is 25.0 Å². The highest BCUT2D eigenvalue weighted by Gasteiger charge is 2.24. The Morgan fingerprint density at radius 1 is 1.06 bits per heavy atom. The van der Waals surface area contributed by atoms with Crippen LogP contribution in [-0.4, -0.2) is 44.1 Å². The van der Waals surface area contributed by atoms with Gasteiger partial charge in [-0.1, -0.05) is 12.1 Å². The van der Waals surface area contributed by atoms with Crippen molar-refractivity contribution in [2.24, 2.45) is 5.92 Å². The van der Waals surface area contributed by atoms with Crippen molar-refractivity contribution in [1.82, 2.24) is 10.2 Å². The number of nitrogens with zero attached hydrogens (tertiary/aromatic N) is 1. The SMILES string of the molecule is COc1cc(NC(=O)N2CCC(CC(=O)NCc3cccc(F)c3)CC2)cc(OC)c1. The molecule has 0 atom stereocenters. The van der Waals surface area contributed by atoms with E-state index in [1.807, 2.05) is 0 Å². The number of nitrogens with one attached hydrogen (secondary N) is 2. The molecular formula is C23H28FN3O4. The van der Waals surface area contributed by atoms with E-state index in [9.17, 15) is 14.0 Å². The molecule has 0 unspecified atom stereocenters.